The molecule has 8 atom stereocenters. The van der Waals surface area contributed by atoms with Crippen LogP contribution >= 0.6 is 0 Å². The van der Waals surface area contributed by atoms with Gasteiger partial charge in [-0.3, -0.25) is 0 Å². The van der Waals surface area contributed by atoms with Crippen LogP contribution in [0.25, 0.3) is 0 Å². The monoisotopic (exact) mass is 199 g/mol. The van der Waals surface area contributed by atoms with Gasteiger partial charge in [-0.15, -0.1) is 0 Å². The zero-order valence-corrected chi connectivity index (χ0v) is 9.13. The lowest BCUT2D eigenvalue weighted by molar-refractivity contribution is 0.126. The smallest absolute Gasteiger partial charge is 0.0661 e. The van der Waals surface area contributed by atoms with Crippen LogP contribution in [0.4, 0.5) is 0 Å². The summed E-state index contributed by atoms with van der Waals surface area (Å²) in [5.41, 5.74) is 0. The summed E-state index contributed by atoms with van der Waals surface area (Å²) in [6.45, 7) is 2.32. The normalized spacial score (nSPS) is 63.5. The van der Waals surface area contributed by atoms with Crippen LogP contribution in [0.15, 0.2) is 12.2 Å². The Balaban J connectivity index is 1.77. The first-order chi connectivity index (χ1) is 7.31. The largest absolute Gasteiger partial charge is 0.198 e. The molecule has 0 spiro atoms. The van der Waals surface area contributed by atoms with Crippen LogP contribution < -0.4 is 0 Å². The molecule has 1 heteroatoms. The number of hydrogen-bond acceptors (Lipinski definition) is 1. The minimum absolute atomic E-state index is 0.379. The summed E-state index contributed by atoms with van der Waals surface area (Å²) in [4.78, 5) is 0. The van der Waals surface area contributed by atoms with E-state index in [4.69, 9.17) is 0 Å². The second kappa shape index (κ2) is 2.48. The van der Waals surface area contributed by atoms with Gasteiger partial charge in [0.25, 0.3) is 0 Å². The standard InChI is InChI=1S/C14H17N/c1-7-10-5-11(12(7)6-15)14-9-3-2-8(4-9)13(10)14/h2-3,7-14H,4-5H2,1H3. The topological polar surface area (TPSA) is 23.8 Å². The van der Waals surface area contributed by atoms with Crippen molar-refractivity contribution in [3.8, 4) is 6.07 Å². The molecule has 0 radical (unpaired) electrons. The maximum atomic E-state index is 9.28. The second-order valence-electron chi connectivity index (χ2n) is 6.18. The van der Waals surface area contributed by atoms with Gasteiger partial charge in [0.05, 0.1) is 12.0 Å². The summed E-state index contributed by atoms with van der Waals surface area (Å²) < 4.78 is 0. The van der Waals surface area contributed by atoms with E-state index in [0.29, 0.717) is 11.8 Å². The molecule has 0 aliphatic heterocycles. The van der Waals surface area contributed by atoms with Gasteiger partial charge < -0.3 is 0 Å². The fraction of sp³-hybridized carbons (Fsp3) is 0.786. The highest BCUT2D eigenvalue weighted by Gasteiger charge is 2.63. The van der Waals surface area contributed by atoms with Gasteiger partial charge >= 0.3 is 0 Å². The third-order valence-corrected chi connectivity index (χ3v) is 5.97. The van der Waals surface area contributed by atoms with Gasteiger partial charge in [-0.1, -0.05) is 19.1 Å². The predicted octanol–water partition coefficient (Wildman–Crippen LogP) is 2.85. The molecule has 4 rings (SSSR count). The van der Waals surface area contributed by atoms with E-state index in [-0.39, 0.29) is 0 Å². The number of rotatable bonds is 0. The molecule has 78 valence electrons. The van der Waals surface area contributed by atoms with Gasteiger partial charge in [0.1, 0.15) is 0 Å². The van der Waals surface area contributed by atoms with Gasteiger partial charge in [0.2, 0.25) is 0 Å². The first kappa shape index (κ1) is 8.39. The molecular formula is C14H17N. The van der Waals surface area contributed by atoms with E-state index in [1.54, 1.807) is 0 Å². The molecule has 15 heavy (non-hydrogen) atoms. The van der Waals surface area contributed by atoms with Crippen LogP contribution in [0, 0.1) is 58.7 Å². The molecule has 8 unspecified atom stereocenters. The Labute approximate surface area is 91.2 Å². The van der Waals surface area contributed by atoms with Crippen molar-refractivity contribution < 1.29 is 0 Å². The second-order valence-corrected chi connectivity index (χ2v) is 6.18. The van der Waals surface area contributed by atoms with Gasteiger partial charge in [-0.25, -0.2) is 0 Å². The van der Waals surface area contributed by atoms with Crippen molar-refractivity contribution in [1.82, 2.24) is 0 Å². The highest BCUT2D eigenvalue weighted by Crippen LogP contribution is 2.68. The first-order valence-electron chi connectivity index (χ1n) is 6.39. The maximum Gasteiger partial charge on any atom is 0.0661 e. The summed E-state index contributed by atoms with van der Waals surface area (Å²) in [5.74, 6) is 6.27. The molecule has 4 aliphatic rings. The average molecular weight is 199 g/mol. The lowest BCUT2D eigenvalue weighted by atomic mass is 9.66. The molecule has 0 aromatic heterocycles. The molecule has 0 heterocycles. The molecule has 4 aliphatic carbocycles. The Bertz CT molecular complexity index is 377. The Morgan fingerprint density at radius 2 is 1.73 bits per heavy atom. The summed E-state index contributed by atoms with van der Waals surface area (Å²) in [7, 11) is 0. The van der Waals surface area contributed by atoms with Crippen LogP contribution in [0.3, 0.4) is 0 Å². The zero-order valence-electron chi connectivity index (χ0n) is 9.13. The van der Waals surface area contributed by atoms with Gasteiger partial charge in [0.15, 0.2) is 0 Å². The summed E-state index contributed by atoms with van der Waals surface area (Å²) in [6, 6.07) is 2.59. The van der Waals surface area contributed by atoms with Gasteiger partial charge in [-0.2, -0.15) is 5.26 Å². The van der Waals surface area contributed by atoms with Crippen molar-refractivity contribution in [1.29, 1.82) is 5.26 Å². The lowest BCUT2D eigenvalue weighted by Gasteiger charge is -2.37. The van der Waals surface area contributed by atoms with Crippen LogP contribution in [0.2, 0.25) is 0 Å². The molecule has 0 aromatic rings. The molecule has 0 aromatic carbocycles. The Hall–Kier alpha value is -0.770. The minimum Gasteiger partial charge on any atom is -0.198 e. The molecule has 0 amide bonds. The number of fused-ring (bicyclic) bond motifs is 9. The molecule has 0 saturated heterocycles. The average Bonchev–Trinajstić information content (AvgIpc) is 2.94. The number of allylic oxidation sites excluding steroid dienone is 2. The minimum atomic E-state index is 0.379. The van der Waals surface area contributed by atoms with E-state index in [9.17, 15) is 5.26 Å². The van der Waals surface area contributed by atoms with E-state index in [1.165, 1.54) is 12.8 Å². The predicted molar refractivity (Wildman–Crippen MR) is 57.6 cm³/mol. The Morgan fingerprint density at radius 3 is 2.40 bits per heavy atom. The van der Waals surface area contributed by atoms with Crippen LogP contribution in [-0.4, -0.2) is 0 Å². The van der Waals surface area contributed by atoms with E-state index < -0.39 is 0 Å². The first-order valence-corrected chi connectivity index (χ1v) is 6.39. The lowest BCUT2D eigenvalue weighted by Crippen LogP contribution is -2.35. The number of nitriles is 1. The number of nitrogens with zero attached hydrogens (tertiary/aromatic N) is 1. The van der Waals surface area contributed by atoms with Gasteiger partial charge in [0, 0.05) is 0 Å². The Kier molecular flexibility index (Phi) is 1.39. The summed E-state index contributed by atoms with van der Waals surface area (Å²) >= 11 is 0. The summed E-state index contributed by atoms with van der Waals surface area (Å²) in [5, 5.41) is 9.28. The van der Waals surface area contributed by atoms with E-state index in [1.807, 2.05) is 0 Å². The van der Waals surface area contributed by atoms with Crippen molar-refractivity contribution in [2.75, 3.05) is 0 Å². The highest BCUT2D eigenvalue weighted by atomic mass is 14.7. The van der Waals surface area contributed by atoms with Crippen molar-refractivity contribution in [2.45, 2.75) is 19.8 Å². The molecule has 3 saturated carbocycles. The SMILES string of the molecule is CC1C(C#N)C2CC1C1C3C=CC(C3)C21. The van der Waals surface area contributed by atoms with Crippen molar-refractivity contribution in [2.24, 2.45) is 47.3 Å². The maximum absolute atomic E-state index is 9.28. The number of hydrogen-bond donors (Lipinski definition) is 0. The fourth-order valence-electron chi connectivity index (χ4n) is 5.55. The zero-order chi connectivity index (χ0) is 10.2. The quantitative estimate of drug-likeness (QED) is 0.435. The van der Waals surface area contributed by atoms with Crippen molar-refractivity contribution >= 4 is 0 Å². The van der Waals surface area contributed by atoms with Crippen LogP contribution in [0.1, 0.15) is 19.8 Å². The fourth-order valence-corrected chi connectivity index (χ4v) is 5.55. The van der Waals surface area contributed by atoms with E-state index >= 15 is 0 Å². The molecule has 3 fully saturated rings. The molecule has 1 nitrogen and oxygen atoms in total. The van der Waals surface area contributed by atoms with Crippen LogP contribution in [0.5, 0.6) is 0 Å². The Morgan fingerprint density at radius 1 is 1.07 bits per heavy atom. The third kappa shape index (κ3) is 0.781. The van der Waals surface area contributed by atoms with Crippen molar-refractivity contribution in [3.05, 3.63) is 12.2 Å². The molecule has 0 N–H and O–H groups in total. The molecule has 4 bridgehead atoms. The molecular weight excluding hydrogens is 182 g/mol. The third-order valence-electron chi connectivity index (χ3n) is 5.97. The summed E-state index contributed by atoms with van der Waals surface area (Å²) in [6.07, 6.45) is 7.70. The van der Waals surface area contributed by atoms with Crippen molar-refractivity contribution in [3.63, 3.8) is 0 Å². The van der Waals surface area contributed by atoms with E-state index in [0.717, 1.165) is 35.5 Å². The van der Waals surface area contributed by atoms with Crippen LogP contribution in [-0.2, 0) is 0 Å². The highest BCUT2D eigenvalue weighted by molar-refractivity contribution is 5.23. The van der Waals surface area contributed by atoms with E-state index in [2.05, 4.69) is 25.1 Å². The van der Waals surface area contributed by atoms with Gasteiger partial charge in [-0.05, 0) is 54.3 Å².